The van der Waals surface area contributed by atoms with Crippen LogP contribution in [0, 0.1) is 36.5 Å². The highest BCUT2D eigenvalue weighted by molar-refractivity contribution is 5.86. The lowest BCUT2D eigenvalue weighted by atomic mass is 9.78. The van der Waals surface area contributed by atoms with E-state index in [4.69, 9.17) is 14.9 Å². The van der Waals surface area contributed by atoms with Crippen LogP contribution in [0.1, 0.15) is 33.7 Å². The van der Waals surface area contributed by atoms with Crippen molar-refractivity contribution in [3.63, 3.8) is 0 Å². The van der Waals surface area contributed by atoms with E-state index in [-0.39, 0.29) is 5.90 Å². The first-order chi connectivity index (χ1) is 16.5. The molecule has 0 aliphatic carbocycles. The average molecular weight is 449 g/mol. The summed E-state index contributed by atoms with van der Waals surface area (Å²) in [5.41, 5.74) is 6.84. The molecule has 168 valence electrons. The van der Waals surface area contributed by atoms with Gasteiger partial charge in [-0.2, -0.15) is 5.26 Å². The van der Waals surface area contributed by atoms with Crippen LogP contribution in [0.5, 0.6) is 11.6 Å². The van der Waals surface area contributed by atoms with E-state index in [1.807, 2.05) is 67.6 Å². The maximum Gasteiger partial charge on any atom is 0.244 e. The number of nitrogens with zero attached hydrogens (tertiary/aromatic N) is 2. The maximum atomic E-state index is 9.97. The number of aryl methyl sites for hydroxylation is 2. The van der Waals surface area contributed by atoms with Gasteiger partial charge in [-0.1, -0.05) is 66.2 Å². The molecule has 2 N–H and O–H groups in total. The summed E-state index contributed by atoms with van der Waals surface area (Å²) in [4.78, 5) is 0. The molecule has 2 unspecified atom stereocenters. The average Bonchev–Trinajstić information content (AvgIpc) is 3.26. The first-order valence-corrected chi connectivity index (χ1v) is 11.1. The van der Waals surface area contributed by atoms with E-state index in [1.54, 1.807) is 0 Å². The highest BCUT2D eigenvalue weighted by Crippen LogP contribution is 2.46. The fraction of sp³-hybridized carbons (Fsp3) is 0.179. The second-order valence-electron chi connectivity index (χ2n) is 8.52. The molecule has 1 aromatic heterocycles. The summed E-state index contributed by atoms with van der Waals surface area (Å²) < 4.78 is 11.8. The van der Waals surface area contributed by atoms with Crippen LogP contribution in [0.2, 0.25) is 0 Å². The standard InChI is InChI=1S/C28H24N4O2/c1-17-10-12-19(13-11-17)26-25-24(23(15-29)27(30)34-28(25)32-31-26)20-8-5-9-22(14-20)33-16-21-7-4-3-6-18(21)2/h3-14,23-24,30H,16H2,1-2H3,(H,31,32). The summed E-state index contributed by atoms with van der Waals surface area (Å²) in [6.45, 7) is 4.55. The first kappa shape index (κ1) is 21.5. The smallest absolute Gasteiger partial charge is 0.244 e. The van der Waals surface area contributed by atoms with Crippen molar-refractivity contribution in [3.05, 3.63) is 101 Å². The Balaban J connectivity index is 1.54. The van der Waals surface area contributed by atoms with Gasteiger partial charge in [0.1, 0.15) is 18.3 Å². The van der Waals surface area contributed by atoms with Crippen molar-refractivity contribution in [2.24, 2.45) is 5.92 Å². The van der Waals surface area contributed by atoms with Gasteiger partial charge < -0.3 is 9.47 Å². The molecule has 0 saturated heterocycles. The molecule has 3 aromatic carbocycles. The van der Waals surface area contributed by atoms with Crippen molar-refractivity contribution in [1.82, 2.24) is 10.2 Å². The van der Waals surface area contributed by atoms with Gasteiger partial charge in [0.15, 0.2) is 0 Å². The number of aromatic amines is 1. The number of fused-ring (bicyclic) bond motifs is 1. The van der Waals surface area contributed by atoms with Gasteiger partial charge in [0.05, 0.1) is 17.3 Å². The topological polar surface area (TPSA) is 94.8 Å². The van der Waals surface area contributed by atoms with Crippen molar-refractivity contribution in [2.75, 3.05) is 0 Å². The third-order valence-corrected chi connectivity index (χ3v) is 6.25. The van der Waals surface area contributed by atoms with Gasteiger partial charge in [0.2, 0.25) is 11.8 Å². The van der Waals surface area contributed by atoms with Crippen molar-refractivity contribution in [3.8, 4) is 29.0 Å². The SMILES string of the molecule is Cc1ccc(-c2[nH]nc3c2C(c2cccc(OCc4ccccc4C)c2)C(C#N)C(=N)O3)cc1. The maximum absolute atomic E-state index is 9.97. The van der Waals surface area contributed by atoms with Crippen LogP contribution < -0.4 is 9.47 Å². The molecule has 0 spiro atoms. The van der Waals surface area contributed by atoms with Crippen molar-refractivity contribution < 1.29 is 9.47 Å². The number of hydrogen-bond acceptors (Lipinski definition) is 5. The van der Waals surface area contributed by atoms with Crippen molar-refractivity contribution in [1.29, 1.82) is 10.7 Å². The summed E-state index contributed by atoms with van der Waals surface area (Å²) in [5, 5.41) is 25.7. The molecule has 0 amide bonds. The van der Waals surface area contributed by atoms with Crippen LogP contribution in [0.15, 0.2) is 72.8 Å². The van der Waals surface area contributed by atoms with E-state index < -0.39 is 11.8 Å². The largest absolute Gasteiger partial charge is 0.489 e. The Kier molecular flexibility index (Phi) is 5.60. The third-order valence-electron chi connectivity index (χ3n) is 6.25. The van der Waals surface area contributed by atoms with Crippen LogP contribution in [0.4, 0.5) is 0 Å². The predicted molar refractivity (Wildman–Crippen MR) is 130 cm³/mol. The van der Waals surface area contributed by atoms with Crippen LogP contribution >= 0.6 is 0 Å². The van der Waals surface area contributed by atoms with E-state index in [2.05, 4.69) is 35.3 Å². The van der Waals surface area contributed by atoms with E-state index in [0.29, 0.717) is 18.2 Å². The molecular weight excluding hydrogens is 424 g/mol. The molecule has 2 atom stereocenters. The number of nitrogens with one attached hydrogen (secondary N) is 2. The fourth-order valence-corrected chi connectivity index (χ4v) is 4.35. The van der Waals surface area contributed by atoms with E-state index >= 15 is 0 Å². The lowest BCUT2D eigenvalue weighted by Gasteiger charge is -2.28. The van der Waals surface area contributed by atoms with Crippen molar-refractivity contribution >= 4 is 5.90 Å². The molecule has 0 fully saturated rings. The minimum Gasteiger partial charge on any atom is -0.489 e. The second kappa shape index (κ2) is 8.87. The van der Waals surface area contributed by atoms with Crippen LogP contribution in [0.3, 0.4) is 0 Å². The molecule has 0 radical (unpaired) electrons. The first-order valence-electron chi connectivity index (χ1n) is 11.1. The van der Waals surface area contributed by atoms with Gasteiger partial charge >= 0.3 is 0 Å². The summed E-state index contributed by atoms with van der Waals surface area (Å²) in [6.07, 6.45) is 0. The molecule has 0 saturated carbocycles. The minimum absolute atomic E-state index is 0.104. The molecule has 1 aliphatic heterocycles. The van der Waals surface area contributed by atoms with Gasteiger partial charge in [-0.25, -0.2) is 0 Å². The molecule has 0 bridgehead atoms. The predicted octanol–water partition coefficient (Wildman–Crippen LogP) is 5.91. The normalized spacial score (nSPS) is 16.9. The van der Waals surface area contributed by atoms with Crippen LogP contribution in [0.25, 0.3) is 11.3 Å². The molecule has 34 heavy (non-hydrogen) atoms. The molecule has 6 heteroatoms. The zero-order valence-electron chi connectivity index (χ0n) is 19.0. The van der Waals surface area contributed by atoms with Crippen LogP contribution in [-0.4, -0.2) is 16.1 Å². The van der Waals surface area contributed by atoms with Gasteiger partial charge in [-0.05, 0) is 48.2 Å². The van der Waals surface area contributed by atoms with Gasteiger partial charge in [-0.15, -0.1) is 5.10 Å². The summed E-state index contributed by atoms with van der Waals surface area (Å²) >= 11 is 0. The van der Waals surface area contributed by atoms with Crippen LogP contribution in [-0.2, 0) is 6.61 Å². The molecule has 5 rings (SSSR count). The Hall–Kier alpha value is -4.37. The second-order valence-corrected chi connectivity index (χ2v) is 8.52. The number of hydrogen-bond donors (Lipinski definition) is 2. The third kappa shape index (κ3) is 3.93. The Bertz CT molecular complexity index is 1400. The molecule has 2 heterocycles. The monoisotopic (exact) mass is 448 g/mol. The zero-order valence-corrected chi connectivity index (χ0v) is 19.0. The zero-order chi connectivity index (χ0) is 23.7. The summed E-state index contributed by atoms with van der Waals surface area (Å²) in [7, 11) is 0. The number of H-pyrrole nitrogens is 1. The highest BCUT2D eigenvalue weighted by Gasteiger charge is 2.40. The van der Waals surface area contributed by atoms with Gasteiger partial charge in [0.25, 0.3) is 0 Å². The fourth-order valence-electron chi connectivity index (χ4n) is 4.35. The van der Waals surface area contributed by atoms with Gasteiger partial charge in [0, 0.05) is 5.92 Å². The van der Waals surface area contributed by atoms with E-state index in [0.717, 1.165) is 33.5 Å². The lowest BCUT2D eigenvalue weighted by Crippen LogP contribution is -2.30. The highest BCUT2D eigenvalue weighted by atomic mass is 16.5. The number of aromatic nitrogens is 2. The molecular formula is C28H24N4O2. The Morgan fingerprint density at radius 1 is 1.06 bits per heavy atom. The number of rotatable bonds is 5. The minimum atomic E-state index is -0.777. The van der Waals surface area contributed by atoms with Gasteiger partial charge in [-0.3, -0.25) is 10.5 Å². The molecule has 1 aliphatic rings. The number of benzene rings is 3. The summed E-state index contributed by atoms with van der Waals surface area (Å²) in [5.74, 6) is -0.256. The molecule has 6 nitrogen and oxygen atoms in total. The lowest BCUT2D eigenvalue weighted by molar-refractivity contribution is 0.305. The van der Waals surface area contributed by atoms with E-state index in [9.17, 15) is 5.26 Å². The van der Waals surface area contributed by atoms with Crippen molar-refractivity contribution in [2.45, 2.75) is 26.4 Å². The Morgan fingerprint density at radius 2 is 1.85 bits per heavy atom. The molecule has 4 aromatic rings. The Labute approximate surface area is 198 Å². The summed E-state index contributed by atoms with van der Waals surface area (Å²) in [6, 6.07) is 26.2. The quantitative estimate of drug-likeness (QED) is 0.396. The Morgan fingerprint density at radius 3 is 2.62 bits per heavy atom. The van der Waals surface area contributed by atoms with E-state index in [1.165, 1.54) is 5.56 Å². The number of ether oxygens (including phenoxy) is 2. The number of nitriles is 1.